The molecule has 1 saturated heterocycles. The lowest BCUT2D eigenvalue weighted by atomic mass is 10.1. The van der Waals surface area contributed by atoms with Crippen molar-refractivity contribution < 1.29 is 22.7 Å². The number of hydrogen-bond acceptors (Lipinski definition) is 3. The molecule has 0 saturated carbocycles. The van der Waals surface area contributed by atoms with Gasteiger partial charge in [-0.15, -0.1) is 0 Å². The maximum atomic E-state index is 12.7. The standard InChI is InChI=1S/C21H23F3N2O2/c1-15-3-6-17(13-19(15)28-2)20(27)26-11-9-25(10-12-26)14-16-4-7-18(8-5-16)21(22,23)24/h3-8,13H,9-12,14H2,1-2H3. The molecule has 0 bridgehead atoms. The van der Waals surface area contributed by atoms with Gasteiger partial charge in [-0.3, -0.25) is 9.69 Å². The molecule has 0 atom stereocenters. The molecule has 28 heavy (non-hydrogen) atoms. The number of benzene rings is 2. The molecule has 1 aliphatic rings. The van der Waals surface area contributed by atoms with Gasteiger partial charge in [0.1, 0.15) is 5.75 Å². The van der Waals surface area contributed by atoms with E-state index in [2.05, 4.69) is 4.90 Å². The van der Waals surface area contributed by atoms with Crippen molar-refractivity contribution in [3.63, 3.8) is 0 Å². The highest BCUT2D eigenvalue weighted by molar-refractivity contribution is 5.94. The molecule has 0 aromatic heterocycles. The van der Waals surface area contributed by atoms with E-state index in [1.165, 1.54) is 12.1 Å². The zero-order valence-electron chi connectivity index (χ0n) is 15.9. The third kappa shape index (κ3) is 4.65. The van der Waals surface area contributed by atoms with E-state index < -0.39 is 11.7 Å². The van der Waals surface area contributed by atoms with Gasteiger partial charge in [0.2, 0.25) is 0 Å². The number of methoxy groups -OCH3 is 1. The van der Waals surface area contributed by atoms with Gasteiger partial charge in [-0.05, 0) is 42.3 Å². The number of aryl methyl sites for hydroxylation is 1. The number of nitrogens with zero attached hydrogens (tertiary/aromatic N) is 2. The zero-order chi connectivity index (χ0) is 20.3. The summed E-state index contributed by atoms with van der Waals surface area (Å²) < 4.78 is 43.2. The van der Waals surface area contributed by atoms with Crippen molar-refractivity contribution in [1.29, 1.82) is 0 Å². The summed E-state index contributed by atoms with van der Waals surface area (Å²) in [6.45, 7) is 5.00. The van der Waals surface area contributed by atoms with Crippen LogP contribution in [0.3, 0.4) is 0 Å². The van der Waals surface area contributed by atoms with E-state index in [1.807, 2.05) is 13.0 Å². The lowest BCUT2D eigenvalue weighted by Gasteiger charge is -2.35. The number of ether oxygens (including phenoxy) is 1. The molecule has 7 heteroatoms. The van der Waals surface area contributed by atoms with Crippen LogP contribution in [0.15, 0.2) is 42.5 Å². The maximum Gasteiger partial charge on any atom is 0.416 e. The highest BCUT2D eigenvalue weighted by Crippen LogP contribution is 2.29. The van der Waals surface area contributed by atoms with Crippen molar-refractivity contribution in [2.75, 3.05) is 33.3 Å². The van der Waals surface area contributed by atoms with Crippen LogP contribution in [0.2, 0.25) is 0 Å². The van der Waals surface area contributed by atoms with E-state index in [4.69, 9.17) is 4.74 Å². The van der Waals surface area contributed by atoms with E-state index in [9.17, 15) is 18.0 Å². The van der Waals surface area contributed by atoms with Gasteiger partial charge in [-0.2, -0.15) is 13.2 Å². The van der Waals surface area contributed by atoms with Crippen LogP contribution >= 0.6 is 0 Å². The Bertz CT molecular complexity index is 827. The Kier molecular flexibility index (Phi) is 5.93. The van der Waals surface area contributed by atoms with Crippen molar-refractivity contribution >= 4 is 5.91 Å². The number of carbonyl (C=O) groups is 1. The third-order valence-corrected chi connectivity index (χ3v) is 5.00. The monoisotopic (exact) mass is 392 g/mol. The fourth-order valence-corrected chi connectivity index (χ4v) is 3.30. The summed E-state index contributed by atoms with van der Waals surface area (Å²) in [5.74, 6) is 0.652. The molecule has 4 nitrogen and oxygen atoms in total. The number of carbonyl (C=O) groups excluding carboxylic acids is 1. The molecule has 1 aliphatic heterocycles. The van der Waals surface area contributed by atoms with Crippen molar-refractivity contribution in [3.05, 3.63) is 64.7 Å². The summed E-state index contributed by atoms with van der Waals surface area (Å²) in [5, 5.41) is 0. The first-order valence-corrected chi connectivity index (χ1v) is 9.10. The van der Waals surface area contributed by atoms with Crippen LogP contribution in [-0.4, -0.2) is 49.0 Å². The van der Waals surface area contributed by atoms with Gasteiger partial charge in [0.05, 0.1) is 12.7 Å². The minimum atomic E-state index is -4.32. The van der Waals surface area contributed by atoms with Crippen LogP contribution in [-0.2, 0) is 12.7 Å². The molecule has 0 aliphatic carbocycles. The summed E-state index contributed by atoms with van der Waals surface area (Å²) in [4.78, 5) is 16.7. The zero-order valence-corrected chi connectivity index (χ0v) is 15.9. The molecule has 150 valence electrons. The average molecular weight is 392 g/mol. The maximum absolute atomic E-state index is 12.7. The predicted octanol–water partition coefficient (Wildman–Crippen LogP) is 3.98. The van der Waals surface area contributed by atoms with Crippen molar-refractivity contribution in [1.82, 2.24) is 9.80 Å². The number of piperazine rings is 1. The minimum absolute atomic E-state index is 0.0347. The van der Waals surface area contributed by atoms with E-state index in [1.54, 1.807) is 24.1 Å². The molecule has 2 aromatic rings. The Labute approximate surface area is 162 Å². The summed E-state index contributed by atoms with van der Waals surface area (Å²) in [6.07, 6.45) is -4.32. The van der Waals surface area contributed by atoms with Crippen LogP contribution in [0.4, 0.5) is 13.2 Å². The van der Waals surface area contributed by atoms with Crippen LogP contribution in [0.1, 0.15) is 27.0 Å². The fourth-order valence-electron chi connectivity index (χ4n) is 3.30. The topological polar surface area (TPSA) is 32.8 Å². The highest BCUT2D eigenvalue weighted by Gasteiger charge is 2.30. The Balaban J connectivity index is 1.56. The molecular formula is C21H23F3N2O2. The minimum Gasteiger partial charge on any atom is -0.496 e. The van der Waals surface area contributed by atoms with E-state index >= 15 is 0 Å². The van der Waals surface area contributed by atoms with Crippen molar-refractivity contribution in [2.45, 2.75) is 19.6 Å². The summed E-state index contributed by atoms with van der Waals surface area (Å²) in [7, 11) is 1.58. The number of halogens is 3. The van der Waals surface area contributed by atoms with Crippen molar-refractivity contribution in [3.8, 4) is 5.75 Å². The van der Waals surface area contributed by atoms with Crippen LogP contribution in [0.5, 0.6) is 5.75 Å². The third-order valence-electron chi connectivity index (χ3n) is 5.00. The quantitative estimate of drug-likeness (QED) is 0.789. The molecule has 0 radical (unpaired) electrons. The van der Waals surface area contributed by atoms with Gasteiger partial charge in [-0.25, -0.2) is 0 Å². The fraction of sp³-hybridized carbons (Fsp3) is 0.381. The van der Waals surface area contributed by atoms with E-state index in [0.29, 0.717) is 44.0 Å². The molecule has 1 amide bonds. The van der Waals surface area contributed by atoms with Gasteiger partial charge < -0.3 is 9.64 Å². The van der Waals surface area contributed by atoms with E-state index in [0.717, 1.165) is 23.3 Å². The second kappa shape index (κ2) is 8.22. The molecule has 1 fully saturated rings. The second-order valence-electron chi connectivity index (χ2n) is 6.95. The van der Waals surface area contributed by atoms with Crippen LogP contribution in [0.25, 0.3) is 0 Å². The molecule has 2 aromatic carbocycles. The SMILES string of the molecule is COc1cc(C(=O)N2CCN(Cc3ccc(C(F)(F)F)cc3)CC2)ccc1C. The largest absolute Gasteiger partial charge is 0.496 e. The van der Waals surface area contributed by atoms with Crippen LogP contribution < -0.4 is 4.74 Å². The molecule has 0 spiro atoms. The number of rotatable bonds is 4. The lowest BCUT2D eigenvalue weighted by Crippen LogP contribution is -2.48. The van der Waals surface area contributed by atoms with Gasteiger partial charge in [0.15, 0.2) is 0 Å². The molecule has 3 rings (SSSR count). The van der Waals surface area contributed by atoms with Gasteiger partial charge >= 0.3 is 6.18 Å². The molecular weight excluding hydrogens is 369 g/mol. The normalized spacial score (nSPS) is 15.5. The average Bonchev–Trinajstić information content (AvgIpc) is 2.68. The Hall–Kier alpha value is -2.54. The van der Waals surface area contributed by atoms with E-state index in [-0.39, 0.29) is 5.91 Å². The molecule has 0 unspecified atom stereocenters. The first-order valence-electron chi connectivity index (χ1n) is 9.10. The first-order chi connectivity index (χ1) is 13.3. The highest BCUT2D eigenvalue weighted by atomic mass is 19.4. The number of amides is 1. The smallest absolute Gasteiger partial charge is 0.416 e. The van der Waals surface area contributed by atoms with Gasteiger partial charge in [0.25, 0.3) is 5.91 Å². The Morgan fingerprint density at radius 3 is 2.25 bits per heavy atom. The van der Waals surface area contributed by atoms with Crippen molar-refractivity contribution in [2.24, 2.45) is 0 Å². The summed E-state index contributed by atoms with van der Waals surface area (Å²) in [5.41, 5.74) is 1.76. The number of alkyl halides is 3. The predicted molar refractivity (Wildman–Crippen MR) is 100 cm³/mol. The Morgan fingerprint density at radius 1 is 1.04 bits per heavy atom. The molecule has 0 N–H and O–H groups in total. The van der Waals surface area contributed by atoms with Gasteiger partial charge in [0, 0.05) is 38.3 Å². The summed E-state index contributed by atoms with van der Waals surface area (Å²) in [6, 6.07) is 10.7. The lowest BCUT2D eigenvalue weighted by molar-refractivity contribution is -0.137. The summed E-state index contributed by atoms with van der Waals surface area (Å²) >= 11 is 0. The number of hydrogen-bond donors (Lipinski definition) is 0. The Morgan fingerprint density at radius 2 is 1.68 bits per heavy atom. The second-order valence-corrected chi connectivity index (χ2v) is 6.95. The van der Waals surface area contributed by atoms with Gasteiger partial charge in [-0.1, -0.05) is 18.2 Å². The first kappa shape index (κ1) is 20.2. The molecule has 1 heterocycles. The van der Waals surface area contributed by atoms with Crippen LogP contribution in [0, 0.1) is 6.92 Å².